The molecule has 0 aliphatic carbocycles. The average Bonchev–Trinajstić information content (AvgIpc) is 2.26. The molecule has 0 spiro atoms. The molecule has 0 heterocycles. The smallest absolute Gasteiger partial charge is 0.335 e. The summed E-state index contributed by atoms with van der Waals surface area (Å²) in [6, 6.07) is 5.33. The maximum Gasteiger partial charge on any atom is 0.335 e. The Morgan fingerprint density at radius 3 is 2.69 bits per heavy atom. The van der Waals surface area contributed by atoms with Crippen LogP contribution in [0.2, 0.25) is 0 Å². The van der Waals surface area contributed by atoms with Gasteiger partial charge in [-0.2, -0.15) is 0 Å². The molecule has 0 saturated heterocycles. The molecule has 1 aromatic carbocycles. The topological polar surface area (TPSA) is 37.3 Å². The summed E-state index contributed by atoms with van der Waals surface area (Å²) in [5, 5.41) is 8.84. The zero-order valence-electron chi connectivity index (χ0n) is 9.82. The predicted octanol–water partition coefficient (Wildman–Crippen LogP) is 3.98. The number of rotatable bonds is 6. The van der Waals surface area contributed by atoms with Crippen LogP contribution in [0.1, 0.15) is 42.1 Å². The number of carboxylic acid groups (broad SMARTS) is 1. The van der Waals surface area contributed by atoms with Crippen LogP contribution in [-0.4, -0.2) is 16.8 Å². The molecule has 0 atom stereocenters. The molecule has 1 aromatic rings. The summed E-state index contributed by atoms with van der Waals surface area (Å²) >= 11 is 1.81. The lowest BCUT2D eigenvalue weighted by atomic mass is 10.1. The number of aromatic carboxylic acids is 1. The van der Waals surface area contributed by atoms with Crippen LogP contribution < -0.4 is 0 Å². The van der Waals surface area contributed by atoms with Crippen molar-refractivity contribution in [3.05, 3.63) is 29.3 Å². The van der Waals surface area contributed by atoms with Gasteiger partial charge >= 0.3 is 5.97 Å². The van der Waals surface area contributed by atoms with Crippen molar-refractivity contribution in [2.45, 2.75) is 38.0 Å². The number of carbonyl (C=O) groups is 1. The fraction of sp³-hybridized carbons (Fsp3) is 0.462. The van der Waals surface area contributed by atoms with E-state index in [-0.39, 0.29) is 0 Å². The van der Waals surface area contributed by atoms with Crippen molar-refractivity contribution in [2.75, 3.05) is 5.75 Å². The highest BCUT2D eigenvalue weighted by Gasteiger charge is 2.05. The molecule has 3 heteroatoms. The van der Waals surface area contributed by atoms with E-state index in [1.807, 2.05) is 24.8 Å². The molecular formula is C13H18O2S. The van der Waals surface area contributed by atoms with Gasteiger partial charge in [0, 0.05) is 4.90 Å². The number of thioether (sulfide) groups is 1. The minimum absolute atomic E-state index is 0.371. The Morgan fingerprint density at radius 1 is 1.38 bits per heavy atom. The van der Waals surface area contributed by atoms with Crippen molar-refractivity contribution in [2.24, 2.45) is 0 Å². The number of carboxylic acids is 1. The molecule has 0 aromatic heterocycles. The summed E-state index contributed by atoms with van der Waals surface area (Å²) in [7, 11) is 0. The van der Waals surface area contributed by atoms with E-state index in [1.54, 1.807) is 12.1 Å². The first-order chi connectivity index (χ1) is 7.65. The molecule has 2 nitrogen and oxygen atoms in total. The lowest BCUT2D eigenvalue weighted by Gasteiger charge is -2.06. The van der Waals surface area contributed by atoms with Gasteiger partial charge in [0.2, 0.25) is 0 Å². The molecule has 0 aliphatic rings. The molecule has 0 bridgehead atoms. The van der Waals surface area contributed by atoms with E-state index in [0.717, 1.165) is 11.3 Å². The quantitative estimate of drug-likeness (QED) is 0.601. The highest BCUT2D eigenvalue weighted by atomic mass is 32.2. The molecule has 0 unspecified atom stereocenters. The number of benzene rings is 1. The van der Waals surface area contributed by atoms with E-state index >= 15 is 0 Å². The van der Waals surface area contributed by atoms with Crippen LogP contribution in [0, 0.1) is 6.92 Å². The van der Waals surface area contributed by atoms with Gasteiger partial charge in [-0.1, -0.05) is 19.8 Å². The second kappa shape index (κ2) is 6.59. The Hall–Kier alpha value is -0.960. The zero-order valence-corrected chi connectivity index (χ0v) is 10.6. The fourth-order valence-corrected chi connectivity index (χ4v) is 2.50. The van der Waals surface area contributed by atoms with Crippen LogP contribution in [0.3, 0.4) is 0 Å². The lowest BCUT2D eigenvalue weighted by molar-refractivity contribution is 0.0696. The van der Waals surface area contributed by atoms with Gasteiger partial charge in [0.15, 0.2) is 0 Å². The second-order valence-electron chi connectivity index (χ2n) is 3.84. The number of hydrogen-bond acceptors (Lipinski definition) is 2. The van der Waals surface area contributed by atoms with Gasteiger partial charge in [-0.25, -0.2) is 4.79 Å². The highest BCUT2D eigenvalue weighted by molar-refractivity contribution is 7.99. The molecule has 1 rings (SSSR count). The monoisotopic (exact) mass is 238 g/mol. The van der Waals surface area contributed by atoms with Gasteiger partial charge in [0.25, 0.3) is 0 Å². The zero-order chi connectivity index (χ0) is 12.0. The van der Waals surface area contributed by atoms with Crippen LogP contribution in [0.5, 0.6) is 0 Å². The standard InChI is InChI=1S/C13H18O2S/c1-3-4-5-8-16-12-7-6-11(13(14)15)9-10(12)2/h6-7,9H,3-5,8H2,1-2H3,(H,14,15). The Morgan fingerprint density at radius 2 is 2.12 bits per heavy atom. The van der Waals surface area contributed by atoms with E-state index in [9.17, 15) is 4.79 Å². The highest BCUT2D eigenvalue weighted by Crippen LogP contribution is 2.24. The van der Waals surface area contributed by atoms with E-state index in [2.05, 4.69) is 6.92 Å². The Labute approximate surface area is 101 Å². The van der Waals surface area contributed by atoms with Crippen molar-refractivity contribution >= 4 is 17.7 Å². The first-order valence-corrected chi connectivity index (χ1v) is 6.60. The van der Waals surface area contributed by atoms with Gasteiger partial charge < -0.3 is 5.11 Å². The maximum atomic E-state index is 10.8. The molecule has 0 radical (unpaired) electrons. The molecule has 0 saturated carbocycles. The summed E-state index contributed by atoms with van der Waals surface area (Å²) in [4.78, 5) is 12.0. The summed E-state index contributed by atoms with van der Waals surface area (Å²) < 4.78 is 0. The molecule has 0 amide bonds. The average molecular weight is 238 g/mol. The van der Waals surface area contributed by atoms with Crippen molar-refractivity contribution in [1.29, 1.82) is 0 Å². The van der Waals surface area contributed by atoms with Crippen molar-refractivity contribution in [1.82, 2.24) is 0 Å². The maximum absolute atomic E-state index is 10.8. The first-order valence-electron chi connectivity index (χ1n) is 5.62. The van der Waals surface area contributed by atoms with Gasteiger partial charge in [0.05, 0.1) is 5.56 Å². The van der Waals surface area contributed by atoms with Crippen molar-refractivity contribution in [3.8, 4) is 0 Å². The van der Waals surface area contributed by atoms with E-state index in [1.165, 1.54) is 24.2 Å². The Kier molecular flexibility index (Phi) is 5.39. The minimum Gasteiger partial charge on any atom is -0.478 e. The summed E-state index contributed by atoms with van der Waals surface area (Å²) in [6.45, 7) is 4.16. The number of unbranched alkanes of at least 4 members (excludes halogenated alkanes) is 2. The third-order valence-electron chi connectivity index (χ3n) is 2.43. The Balaban J connectivity index is 2.57. The predicted molar refractivity (Wildman–Crippen MR) is 68.4 cm³/mol. The molecule has 88 valence electrons. The van der Waals surface area contributed by atoms with Crippen LogP contribution in [0.4, 0.5) is 0 Å². The van der Waals surface area contributed by atoms with Crippen LogP contribution in [-0.2, 0) is 0 Å². The number of aryl methyl sites for hydroxylation is 1. The summed E-state index contributed by atoms with van der Waals surface area (Å²) in [5.74, 6) is 0.256. The third kappa shape index (κ3) is 3.89. The summed E-state index contributed by atoms with van der Waals surface area (Å²) in [5.41, 5.74) is 1.43. The second-order valence-corrected chi connectivity index (χ2v) is 4.98. The molecule has 16 heavy (non-hydrogen) atoms. The Bertz CT molecular complexity index is 361. The van der Waals surface area contributed by atoms with Gasteiger partial charge in [-0.3, -0.25) is 0 Å². The van der Waals surface area contributed by atoms with Gasteiger partial charge in [0.1, 0.15) is 0 Å². The largest absolute Gasteiger partial charge is 0.478 e. The third-order valence-corrected chi connectivity index (χ3v) is 3.69. The first kappa shape index (κ1) is 13.1. The number of hydrogen-bond donors (Lipinski definition) is 1. The van der Waals surface area contributed by atoms with E-state index < -0.39 is 5.97 Å². The minimum atomic E-state index is -0.856. The normalized spacial score (nSPS) is 10.4. The fourth-order valence-electron chi connectivity index (χ4n) is 1.48. The molecule has 0 fully saturated rings. The lowest BCUT2D eigenvalue weighted by Crippen LogP contribution is -1.96. The SMILES string of the molecule is CCCCCSc1ccc(C(=O)O)cc1C. The van der Waals surface area contributed by atoms with Crippen LogP contribution in [0.15, 0.2) is 23.1 Å². The van der Waals surface area contributed by atoms with Gasteiger partial charge in [-0.05, 0) is 42.9 Å². The van der Waals surface area contributed by atoms with E-state index in [0.29, 0.717) is 5.56 Å². The molecule has 1 N–H and O–H groups in total. The summed E-state index contributed by atoms with van der Waals surface area (Å²) in [6.07, 6.45) is 3.72. The molecule has 0 aliphatic heterocycles. The van der Waals surface area contributed by atoms with Crippen molar-refractivity contribution < 1.29 is 9.90 Å². The molecular weight excluding hydrogens is 220 g/mol. The van der Waals surface area contributed by atoms with Crippen molar-refractivity contribution in [3.63, 3.8) is 0 Å². The van der Waals surface area contributed by atoms with Crippen LogP contribution >= 0.6 is 11.8 Å². The van der Waals surface area contributed by atoms with E-state index in [4.69, 9.17) is 5.11 Å². The van der Waals surface area contributed by atoms with Gasteiger partial charge in [-0.15, -0.1) is 11.8 Å². The van der Waals surface area contributed by atoms with Crippen LogP contribution in [0.25, 0.3) is 0 Å².